The summed E-state index contributed by atoms with van der Waals surface area (Å²) in [6.45, 7) is 14.3. The van der Waals surface area contributed by atoms with Gasteiger partial charge in [0.15, 0.2) is 0 Å². The Bertz CT molecular complexity index is 726. The van der Waals surface area contributed by atoms with Crippen LogP contribution in [0.4, 0.5) is 0 Å². The van der Waals surface area contributed by atoms with Gasteiger partial charge < -0.3 is 15.1 Å². The Kier molecular flexibility index (Phi) is 7.44. The highest BCUT2D eigenvalue weighted by atomic mass is 16.2. The molecule has 5 heteroatoms. The molecule has 28 heavy (non-hydrogen) atoms. The first-order valence-electron chi connectivity index (χ1n) is 10.2. The van der Waals surface area contributed by atoms with Crippen molar-refractivity contribution in [3.63, 3.8) is 0 Å². The van der Waals surface area contributed by atoms with E-state index in [9.17, 15) is 9.59 Å². The third-order valence-electron chi connectivity index (χ3n) is 5.46. The minimum atomic E-state index is -0.372. The predicted molar refractivity (Wildman–Crippen MR) is 114 cm³/mol. The van der Waals surface area contributed by atoms with Crippen molar-refractivity contribution >= 4 is 11.8 Å². The summed E-state index contributed by atoms with van der Waals surface area (Å²) in [5.41, 5.74) is 3.93. The number of hydrogen-bond donors (Lipinski definition) is 1. The van der Waals surface area contributed by atoms with Crippen LogP contribution in [-0.2, 0) is 9.59 Å². The van der Waals surface area contributed by atoms with Gasteiger partial charge in [-0.15, -0.1) is 0 Å². The van der Waals surface area contributed by atoms with Gasteiger partial charge in [-0.05, 0) is 47.1 Å². The molecule has 5 nitrogen and oxygen atoms in total. The van der Waals surface area contributed by atoms with Crippen LogP contribution in [0.1, 0.15) is 53.0 Å². The lowest BCUT2D eigenvalue weighted by atomic mass is 9.79. The lowest BCUT2D eigenvalue weighted by molar-refractivity contribution is -0.127. The molecule has 0 atom stereocenters. The standard InChI is InChI=1S/C23H33N3O2/c1-7-25(8-2)22(27)19-16(5)24-17(6)20(23(28)26(9-3)10-4)21(19)18-14-12-11-13-15-18/h11-15,21,24H,7-10H2,1-6H3. The van der Waals surface area contributed by atoms with Gasteiger partial charge in [0, 0.05) is 54.6 Å². The van der Waals surface area contributed by atoms with Crippen molar-refractivity contribution in [3.05, 3.63) is 58.4 Å². The minimum absolute atomic E-state index is 0.0128. The van der Waals surface area contributed by atoms with Gasteiger partial charge in [-0.1, -0.05) is 30.3 Å². The van der Waals surface area contributed by atoms with Crippen molar-refractivity contribution in [2.45, 2.75) is 47.5 Å². The fraction of sp³-hybridized carbons (Fsp3) is 0.478. The first kappa shape index (κ1) is 21.7. The zero-order valence-electron chi connectivity index (χ0n) is 18.0. The molecule has 152 valence electrons. The molecule has 0 saturated carbocycles. The number of amides is 2. The summed E-state index contributed by atoms with van der Waals surface area (Å²) in [7, 11) is 0. The van der Waals surface area contributed by atoms with E-state index in [1.54, 1.807) is 0 Å². The summed E-state index contributed by atoms with van der Waals surface area (Å²) < 4.78 is 0. The molecule has 0 radical (unpaired) electrons. The summed E-state index contributed by atoms with van der Waals surface area (Å²) >= 11 is 0. The number of benzene rings is 1. The third kappa shape index (κ3) is 4.13. The van der Waals surface area contributed by atoms with Gasteiger partial charge in [-0.3, -0.25) is 9.59 Å². The zero-order chi connectivity index (χ0) is 20.8. The Morgan fingerprint density at radius 2 is 1.18 bits per heavy atom. The number of carbonyl (C=O) groups is 2. The largest absolute Gasteiger partial charge is 0.362 e. The van der Waals surface area contributed by atoms with E-state index in [1.165, 1.54) is 0 Å². The maximum Gasteiger partial charge on any atom is 0.252 e. The zero-order valence-corrected chi connectivity index (χ0v) is 18.0. The second-order valence-electron chi connectivity index (χ2n) is 7.00. The van der Waals surface area contributed by atoms with Gasteiger partial charge in [-0.25, -0.2) is 0 Å². The van der Waals surface area contributed by atoms with Crippen LogP contribution in [0.25, 0.3) is 0 Å². The first-order chi connectivity index (χ1) is 13.4. The average molecular weight is 384 g/mol. The maximum atomic E-state index is 13.4. The number of nitrogens with one attached hydrogen (secondary N) is 1. The van der Waals surface area contributed by atoms with Gasteiger partial charge in [0.25, 0.3) is 11.8 Å². The second kappa shape index (κ2) is 9.58. The summed E-state index contributed by atoms with van der Waals surface area (Å²) in [4.78, 5) is 30.5. The number of carbonyl (C=O) groups excluding carboxylic acids is 2. The van der Waals surface area contributed by atoms with Crippen LogP contribution in [0.3, 0.4) is 0 Å². The van der Waals surface area contributed by atoms with Crippen molar-refractivity contribution in [3.8, 4) is 0 Å². The van der Waals surface area contributed by atoms with E-state index in [0.717, 1.165) is 17.0 Å². The molecule has 0 fully saturated rings. The maximum absolute atomic E-state index is 13.4. The normalized spacial score (nSPS) is 14.8. The van der Waals surface area contributed by atoms with E-state index in [2.05, 4.69) is 5.32 Å². The molecule has 1 aliphatic rings. The smallest absolute Gasteiger partial charge is 0.252 e. The summed E-state index contributed by atoms with van der Waals surface area (Å²) in [5, 5.41) is 3.31. The Labute approximate surface area is 169 Å². The Morgan fingerprint density at radius 3 is 1.54 bits per heavy atom. The second-order valence-corrected chi connectivity index (χ2v) is 7.00. The molecule has 1 aliphatic heterocycles. The Balaban J connectivity index is 2.66. The number of nitrogens with zero attached hydrogens (tertiary/aromatic N) is 2. The van der Waals surface area contributed by atoms with E-state index in [0.29, 0.717) is 37.3 Å². The lowest BCUT2D eigenvalue weighted by Crippen LogP contribution is -2.42. The predicted octanol–water partition coefficient (Wildman–Crippen LogP) is 3.66. The molecule has 0 aliphatic carbocycles. The Hall–Kier alpha value is -2.56. The number of rotatable bonds is 7. The molecule has 1 aromatic rings. The summed E-state index contributed by atoms with van der Waals surface area (Å²) in [5.74, 6) is -0.397. The number of allylic oxidation sites excluding steroid dienone is 2. The summed E-state index contributed by atoms with van der Waals surface area (Å²) in [6, 6.07) is 9.88. The Morgan fingerprint density at radius 1 is 0.786 bits per heavy atom. The van der Waals surface area contributed by atoms with Crippen molar-refractivity contribution in [2.24, 2.45) is 0 Å². The van der Waals surface area contributed by atoms with Crippen molar-refractivity contribution in [1.29, 1.82) is 0 Å². The molecule has 0 unspecified atom stereocenters. The molecule has 1 N–H and O–H groups in total. The van der Waals surface area contributed by atoms with Crippen molar-refractivity contribution in [2.75, 3.05) is 26.2 Å². The highest BCUT2D eigenvalue weighted by Crippen LogP contribution is 2.39. The quantitative estimate of drug-likeness (QED) is 0.782. The fourth-order valence-electron chi connectivity index (χ4n) is 3.90. The van der Waals surface area contributed by atoms with Crippen molar-refractivity contribution < 1.29 is 9.59 Å². The minimum Gasteiger partial charge on any atom is -0.362 e. The fourth-order valence-corrected chi connectivity index (χ4v) is 3.90. The molecule has 1 heterocycles. The highest BCUT2D eigenvalue weighted by molar-refractivity contribution is 6.03. The molecule has 0 aromatic heterocycles. The van der Waals surface area contributed by atoms with Crippen LogP contribution >= 0.6 is 0 Å². The van der Waals surface area contributed by atoms with E-state index in [4.69, 9.17) is 0 Å². The number of likely N-dealkylation sites (N-methyl/N-ethyl adjacent to an activating group) is 2. The van der Waals surface area contributed by atoms with Gasteiger partial charge in [0.2, 0.25) is 0 Å². The van der Waals surface area contributed by atoms with Crippen LogP contribution < -0.4 is 5.32 Å². The monoisotopic (exact) mass is 383 g/mol. The van der Waals surface area contributed by atoms with E-state index >= 15 is 0 Å². The molecular formula is C23H33N3O2. The molecule has 0 saturated heterocycles. The molecule has 2 rings (SSSR count). The SMILES string of the molecule is CCN(CC)C(=O)C1=C(C)NC(C)=C(C(=O)N(CC)CC)C1c1ccccc1. The molecule has 0 bridgehead atoms. The average Bonchev–Trinajstić information content (AvgIpc) is 2.69. The molecule has 2 amide bonds. The van der Waals surface area contributed by atoms with Gasteiger partial charge in [-0.2, -0.15) is 0 Å². The van der Waals surface area contributed by atoms with E-state index < -0.39 is 0 Å². The number of hydrogen-bond acceptors (Lipinski definition) is 3. The van der Waals surface area contributed by atoms with Crippen LogP contribution in [-0.4, -0.2) is 47.8 Å². The van der Waals surface area contributed by atoms with Crippen LogP contribution in [0.5, 0.6) is 0 Å². The van der Waals surface area contributed by atoms with Crippen LogP contribution in [0, 0.1) is 0 Å². The first-order valence-corrected chi connectivity index (χ1v) is 10.2. The highest BCUT2D eigenvalue weighted by Gasteiger charge is 2.38. The lowest BCUT2D eigenvalue weighted by Gasteiger charge is -2.35. The van der Waals surface area contributed by atoms with Crippen molar-refractivity contribution in [1.82, 2.24) is 15.1 Å². The molecule has 1 aromatic carbocycles. The van der Waals surface area contributed by atoms with Crippen LogP contribution in [0.15, 0.2) is 52.9 Å². The topological polar surface area (TPSA) is 52.7 Å². The molecular weight excluding hydrogens is 350 g/mol. The third-order valence-corrected chi connectivity index (χ3v) is 5.46. The van der Waals surface area contributed by atoms with Crippen LogP contribution in [0.2, 0.25) is 0 Å². The molecule has 0 spiro atoms. The van der Waals surface area contributed by atoms with E-state index in [-0.39, 0.29) is 17.7 Å². The van der Waals surface area contributed by atoms with Gasteiger partial charge in [0.05, 0.1) is 0 Å². The van der Waals surface area contributed by atoms with Gasteiger partial charge in [0.1, 0.15) is 0 Å². The van der Waals surface area contributed by atoms with Gasteiger partial charge >= 0.3 is 0 Å². The summed E-state index contributed by atoms with van der Waals surface area (Å²) in [6.07, 6.45) is 0. The number of dihydropyridines is 1. The van der Waals surface area contributed by atoms with E-state index in [1.807, 2.05) is 81.7 Å².